The molecule has 0 radical (unpaired) electrons. The van der Waals surface area contributed by atoms with Gasteiger partial charge in [0, 0.05) is 6.42 Å². The fourth-order valence-corrected chi connectivity index (χ4v) is 2.05. The Labute approximate surface area is 104 Å². The van der Waals surface area contributed by atoms with E-state index in [2.05, 4.69) is 16.1 Å². The molecule has 0 atom stereocenters. The predicted molar refractivity (Wildman–Crippen MR) is 64.6 cm³/mol. The van der Waals surface area contributed by atoms with Crippen LogP contribution in [0.1, 0.15) is 58.8 Å². The van der Waals surface area contributed by atoms with Gasteiger partial charge in [-0.2, -0.15) is 8.42 Å². The first-order valence-electron chi connectivity index (χ1n) is 6.13. The van der Waals surface area contributed by atoms with Crippen molar-refractivity contribution in [2.75, 3.05) is 5.75 Å². The Balaban J connectivity index is 3.61. The smallest absolute Gasteiger partial charge is 0.282 e. The van der Waals surface area contributed by atoms with Gasteiger partial charge in [-0.25, -0.2) is 4.79 Å². The molecule has 0 rings (SSSR count). The molecular weight excluding hydrogens is 244 g/mol. The maximum atomic E-state index is 11.2. The Morgan fingerprint density at radius 3 is 2.18 bits per heavy atom. The lowest BCUT2D eigenvalue weighted by Gasteiger charge is -2.03. The molecule has 0 saturated heterocycles. The molecule has 0 aliphatic heterocycles. The van der Waals surface area contributed by atoms with E-state index in [4.69, 9.17) is 0 Å². The second kappa shape index (κ2) is 9.41. The van der Waals surface area contributed by atoms with Crippen LogP contribution in [0.5, 0.6) is 0 Å². The number of rotatable bonds is 10. The number of carbonyl (C=O) groups is 1. The SMILES string of the molecule is CCCCCCCCS(=O)(=O)OOC(=O)CC. The Kier molecular flexibility index (Phi) is 9.07. The first-order valence-corrected chi connectivity index (χ1v) is 7.71. The van der Waals surface area contributed by atoms with Crippen LogP contribution in [0.25, 0.3) is 0 Å². The van der Waals surface area contributed by atoms with Gasteiger partial charge in [0.2, 0.25) is 0 Å². The molecule has 0 aliphatic carbocycles. The van der Waals surface area contributed by atoms with Gasteiger partial charge in [-0.3, -0.25) is 4.89 Å². The molecule has 0 aromatic rings. The Morgan fingerprint density at radius 1 is 1.00 bits per heavy atom. The van der Waals surface area contributed by atoms with Crippen LogP contribution in [0.3, 0.4) is 0 Å². The molecule has 0 heterocycles. The third kappa shape index (κ3) is 10.3. The number of unbranched alkanes of at least 4 members (excludes halogenated alkanes) is 5. The van der Waals surface area contributed by atoms with E-state index < -0.39 is 16.1 Å². The van der Waals surface area contributed by atoms with Gasteiger partial charge < -0.3 is 0 Å². The molecule has 0 bridgehead atoms. The summed E-state index contributed by atoms with van der Waals surface area (Å²) in [6.07, 6.45) is 5.97. The lowest BCUT2D eigenvalue weighted by Crippen LogP contribution is -2.14. The molecule has 0 N–H and O–H groups in total. The van der Waals surface area contributed by atoms with E-state index >= 15 is 0 Å². The van der Waals surface area contributed by atoms with E-state index in [-0.39, 0.29) is 12.2 Å². The topological polar surface area (TPSA) is 69.7 Å². The largest absolute Gasteiger partial charge is 0.343 e. The molecule has 0 fully saturated rings. The summed E-state index contributed by atoms with van der Waals surface area (Å²) in [6.45, 7) is 3.69. The fourth-order valence-electron chi connectivity index (χ4n) is 1.24. The van der Waals surface area contributed by atoms with Crippen molar-refractivity contribution in [3.8, 4) is 0 Å². The minimum absolute atomic E-state index is 0.0898. The van der Waals surface area contributed by atoms with Crippen LogP contribution >= 0.6 is 0 Å². The van der Waals surface area contributed by atoms with Gasteiger partial charge in [-0.15, -0.1) is 0 Å². The summed E-state index contributed by atoms with van der Waals surface area (Å²) in [5, 5.41) is 0. The van der Waals surface area contributed by atoms with E-state index in [0.717, 1.165) is 25.7 Å². The first-order chi connectivity index (χ1) is 8.02. The zero-order chi connectivity index (χ0) is 13.1. The minimum Gasteiger partial charge on any atom is -0.282 e. The first kappa shape index (κ1) is 16.4. The van der Waals surface area contributed by atoms with E-state index in [0.29, 0.717) is 6.42 Å². The molecule has 0 unspecified atom stereocenters. The normalized spacial score (nSPS) is 11.4. The third-order valence-electron chi connectivity index (χ3n) is 2.27. The summed E-state index contributed by atoms with van der Waals surface area (Å²) in [5.41, 5.74) is 0. The summed E-state index contributed by atoms with van der Waals surface area (Å²) in [5.74, 6) is -0.785. The van der Waals surface area contributed by atoms with E-state index in [9.17, 15) is 13.2 Å². The van der Waals surface area contributed by atoms with Gasteiger partial charge in [0.25, 0.3) is 0 Å². The summed E-state index contributed by atoms with van der Waals surface area (Å²) in [7, 11) is -3.72. The fraction of sp³-hybridized carbons (Fsp3) is 0.909. The summed E-state index contributed by atoms with van der Waals surface area (Å²) >= 11 is 0. The molecule has 102 valence electrons. The highest BCUT2D eigenvalue weighted by atomic mass is 32.2. The van der Waals surface area contributed by atoms with Crippen LogP contribution in [-0.2, 0) is 24.1 Å². The zero-order valence-corrected chi connectivity index (χ0v) is 11.4. The van der Waals surface area contributed by atoms with Crippen LogP contribution in [0.2, 0.25) is 0 Å². The maximum Gasteiger partial charge on any atom is 0.343 e. The van der Waals surface area contributed by atoms with Gasteiger partial charge in [0.05, 0.1) is 5.75 Å². The molecule has 6 heteroatoms. The van der Waals surface area contributed by atoms with Crippen LogP contribution in [0.4, 0.5) is 0 Å². The van der Waals surface area contributed by atoms with E-state index in [1.807, 2.05) is 0 Å². The van der Waals surface area contributed by atoms with Crippen molar-refractivity contribution in [1.82, 2.24) is 0 Å². The van der Waals surface area contributed by atoms with Gasteiger partial charge in [0.1, 0.15) is 0 Å². The predicted octanol–water partition coefficient (Wildman–Crippen LogP) is 2.56. The number of hydrogen-bond donors (Lipinski definition) is 0. The van der Waals surface area contributed by atoms with Crippen molar-refractivity contribution in [1.29, 1.82) is 0 Å². The van der Waals surface area contributed by atoms with Crippen LogP contribution < -0.4 is 0 Å². The van der Waals surface area contributed by atoms with Crippen molar-refractivity contribution in [3.63, 3.8) is 0 Å². The molecule has 5 nitrogen and oxygen atoms in total. The lowest BCUT2D eigenvalue weighted by molar-refractivity contribution is -0.210. The second-order valence-corrected chi connectivity index (χ2v) is 5.57. The maximum absolute atomic E-state index is 11.2. The molecule has 17 heavy (non-hydrogen) atoms. The van der Waals surface area contributed by atoms with Crippen molar-refractivity contribution >= 4 is 16.1 Å². The Hall–Kier alpha value is -0.620. The van der Waals surface area contributed by atoms with Gasteiger partial charge in [0.15, 0.2) is 0 Å². The molecule has 0 aromatic heterocycles. The van der Waals surface area contributed by atoms with Gasteiger partial charge in [-0.1, -0.05) is 50.3 Å². The van der Waals surface area contributed by atoms with Crippen molar-refractivity contribution in [2.24, 2.45) is 0 Å². The van der Waals surface area contributed by atoms with Crippen molar-refractivity contribution in [3.05, 3.63) is 0 Å². The highest BCUT2D eigenvalue weighted by Gasteiger charge is 2.14. The summed E-state index contributed by atoms with van der Waals surface area (Å²) < 4.78 is 26.6. The molecule has 0 saturated carbocycles. The lowest BCUT2D eigenvalue weighted by atomic mass is 10.1. The molecular formula is C11H22O5S. The van der Waals surface area contributed by atoms with Crippen molar-refractivity contribution < 1.29 is 22.4 Å². The van der Waals surface area contributed by atoms with Crippen LogP contribution in [0, 0.1) is 0 Å². The molecule has 0 aromatic carbocycles. The van der Waals surface area contributed by atoms with E-state index in [1.165, 1.54) is 6.42 Å². The zero-order valence-electron chi connectivity index (χ0n) is 10.6. The Bertz CT molecular complexity index is 297. The van der Waals surface area contributed by atoms with Crippen LogP contribution in [-0.4, -0.2) is 20.1 Å². The van der Waals surface area contributed by atoms with Gasteiger partial charge >= 0.3 is 16.1 Å². The quantitative estimate of drug-likeness (QED) is 0.345. The molecule has 0 aliphatic rings. The number of carbonyl (C=O) groups excluding carboxylic acids is 1. The van der Waals surface area contributed by atoms with Crippen molar-refractivity contribution in [2.45, 2.75) is 58.8 Å². The second-order valence-electron chi connectivity index (χ2n) is 3.91. The standard InChI is InChI=1S/C11H22O5S/c1-3-5-6-7-8-9-10-17(13,14)16-15-11(12)4-2/h3-10H2,1-2H3. The Morgan fingerprint density at radius 2 is 1.59 bits per heavy atom. The summed E-state index contributed by atoms with van der Waals surface area (Å²) in [4.78, 5) is 14.8. The highest BCUT2D eigenvalue weighted by Crippen LogP contribution is 2.07. The summed E-state index contributed by atoms with van der Waals surface area (Å²) in [6, 6.07) is 0. The average Bonchev–Trinajstić information content (AvgIpc) is 2.30. The molecule has 0 amide bonds. The monoisotopic (exact) mass is 266 g/mol. The van der Waals surface area contributed by atoms with Crippen LogP contribution in [0.15, 0.2) is 0 Å². The highest BCUT2D eigenvalue weighted by molar-refractivity contribution is 7.86. The van der Waals surface area contributed by atoms with Gasteiger partial charge in [-0.05, 0) is 6.42 Å². The third-order valence-corrected chi connectivity index (χ3v) is 3.33. The minimum atomic E-state index is -3.72. The van der Waals surface area contributed by atoms with E-state index in [1.54, 1.807) is 6.92 Å². The number of hydrogen-bond acceptors (Lipinski definition) is 5. The average molecular weight is 266 g/mol. The molecule has 0 spiro atoms.